The van der Waals surface area contributed by atoms with E-state index in [1.165, 1.54) is 0 Å². The number of halogens is 1. The number of aromatic nitrogens is 1. The van der Waals surface area contributed by atoms with Crippen LogP contribution < -0.4 is 4.74 Å². The number of amides is 1. The van der Waals surface area contributed by atoms with Gasteiger partial charge in [-0.25, -0.2) is 0 Å². The molecule has 1 heterocycles. The van der Waals surface area contributed by atoms with Gasteiger partial charge in [-0.3, -0.25) is 4.79 Å². The molecule has 0 saturated carbocycles. The molecule has 2 aromatic carbocycles. The molecule has 0 aliphatic carbocycles. The van der Waals surface area contributed by atoms with Gasteiger partial charge in [-0.15, -0.1) is 0 Å². The van der Waals surface area contributed by atoms with Crippen LogP contribution in [-0.4, -0.2) is 28.0 Å². The Balaban J connectivity index is 1.71. The van der Waals surface area contributed by atoms with Gasteiger partial charge >= 0.3 is 0 Å². The highest BCUT2D eigenvalue weighted by Crippen LogP contribution is 2.19. The molecule has 1 amide bonds. The SMILES string of the molecule is CC[C@H](C)N(Cc1cccn1Cc1ccccc1Cl)C(=O)COc1ccccc1. The largest absolute Gasteiger partial charge is 0.484 e. The zero-order valence-corrected chi connectivity index (χ0v) is 17.7. The molecule has 152 valence electrons. The van der Waals surface area contributed by atoms with Crippen LogP contribution in [0.5, 0.6) is 5.75 Å². The summed E-state index contributed by atoms with van der Waals surface area (Å²) in [5.74, 6) is 0.681. The highest BCUT2D eigenvalue weighted by atomic mass is 35.5. The van der Waals surface area contributed by atoms with Crippen LogP contribution >= 0.6 is 11.6 Å². The van der Waals surface area contributed by atoms with Crippen LogP contribution in [0.1, 0.15) is 31.5 Å². The van der Waals surface area contributed by atoms with Crippen LogP contribution in [0.25, 0.3) is 0 Å². The van der Waals surface area contributed by atoms with Gasteiger partial charge < -0.3 is 14.2 Å². The van der Waals surface area contributed by atoms with E-state index >= 15 is 0 Å². The third-order valence-corrected chi connectivity index (χ3v) is 5.47. The number of carbonyl (C=O) groups is 1. The zero-order chi connectivity index (χ0) is 20.6. The van der Waals surface area contributed by atoms with Gasteiger partial charge in [0.15, 0.2) is 6.61 Å². The van der Waals surface area contributed by atoms with Gasteiger partial charge in [0, 0.05) is 29.5 Å². The first-order chi connectivity index (χ1) is 14.1. The van der Waals surface area contributed by atoms with E-state index in [4.69, 9.17) is 16.3 Å². The highest BCUT2D eigenvalue weighted by Gasteiger charge is 2.21. The van der Waals surface area contributed by atoms with Crippen LogP contribution in [0.4, 0.5) is 0 Å². The first-order valence-electron chi connectivity index (χ1n) is 9.93. The smallest absolute Gasteiger partial charge is 0.261 e. The molecule has 0 aliphatic rings. The second-order valence-corrected chi connectivity index (χ2v) is 7.51. The number of rotatable bonds is 9. The van der Waals surface area contributed by atoms with Crippen molar-refractivity contribution in [2.75, 3.05) is 6.61 Å². The average molecular weight is 411 g/mol. The highest BCUT2D eigenvalue weighted by molar-refractivity contribution is 6.31. The minimum Gasteiger partial charge on any atom is -0.484 e. The van der Waals surface area contributed by atoms with Gasteiger partial charge in [-0.05, 0) is 49.2 Å². The fourth-order valence-electron chi connectivity index (χ4n) is 3.19. The van der Waals surface area contributed by atoms with Crippen molar-refractivity contribution in [2.45, 2.75) is 39.4 Å². The quantitative estimate of drug-likeness (QED) is 0.473. The van der Waals surface area contributed by atoms with Crippen LogP contribution in [0.2, 0.25) is 5.02 Å². The summed E-state index contributed by atoms with van der Waals surface area (Å²) < 4.78 is 7.83. The Morgan fingerprint density at radius 3 is 2.52 bits per heavy atom. The summed E-state index contributed by atoms with van der Waals surface area (Å²) in [6.07, 6.45) is 2.90. The number of hydrogen-bond acceptors (Lipinski definition) is 2. The molecule has 1 atom stereocenters. The van der Waals surface area contributed by atoms with Gasteiger partial charge in [0.05, 0.1) is 6.54 Å². The van der Waals surface area contributed by atoms with Crippen molar-refractivity contribution in [3.05, 3.63) is 89.2 Å². The lowest BCUT2D eigenvalue weighted by Gasteiger charge is -2.29. The van der Waals surface area contributed by atoms with E-state index in [2.05, 4.69) is 24.5 Å². The van der Waals surface area contributed by atoms with Crippen molar-refractivity contribution in [1.82, 2.24) is 9.47 Å². The number of para-hydroxylation sites is 1. The van der Waals surface area contributed by atoms with Gasteiger partial charge in [-0.1, -0.05) is 54.9 Å². The third-order valence-electron chi connectivity index (χ3n) is 5.10. The van der Waals surface area contributed by atoms with Gasteiger partial charge in [0.25, 0.3) is 5.91 Å². The molecule has 3 rings (SSSR count). The van der Waals surface area contributed by atoms with Crippen molar-refractivity contribution in [3.8, 4) is 5.75 Å². The fraction of sp³-hybridized carbons (Fsp3) is 0.292. The molecule has 3 aromatic rings. The summed E-state index contributed by atoms with van der Waals surface area (Å²) in [6, 6.07) is 21.4. The van der Waals surface area contributed by atoms with Crippen molar-refractivity contribution in [2.24, 2.45) is 0 Å². The Morgan fingerprint density at radius 2 is 1.79 bits per heavy atom. The van der Waals surface area contributed by atoms with Crippen LogP contribution in [0.15, 0.2) is 72.9 Å². The maximum Gasteiger partial charge on any atom is 0.261 e. The van der Waals surface area contributed by atoms with Crippen molar-refractivity contribution >= 4 is 17.5 Å². The topological polar surface area (TPSA) is 34.5 Å². The average Bonchev–Trinajstić information content (AvgIpc) is 3.18. The molecular formula is C24H27ClN2O2. The number of hydrogen-bond donors (Lipinski definition) is 0. The molecular weight excluding hydrogens is 384 g/mol. The fourth-order valence-corrected chi connectivity index (χ4v) is 3.38. The monoisotopic (exact) mass is 410 g/mol. The molecule has 5 heteroatoms. The summed E-state index contributed by atoms with van der Waals surface area (Å²) in [6.45, 7) is 5.39. The van der Waals surface area contributed by atoms with E-state index in [9.17, 15) is 4.79 Å². The Kier molecular flexibility index (Phi) is 7.36. The van der Waals surface area contributed by atoms with Crippen LogP contribution in [0, 0.1) is 0 Å². The standard InChI is InChI=1S/C24H27ClN2O2/c1-3-19(2)27(24(28)18-29-22-12-5-4-6-13-22)17-21-11-9-15-26(21)16-20-10-7-8-14-23(20)25/h4-15,19H,3,16-18H2,1-2H3/t19-/m0/s1. The van der Waals surface area contributed by atoms with E-state index in [1.807, 2.05) is 71.8 Å². The molecule has 1 aromatic heterocycles. The minimum absolute atomic E-state index is 0.0197. The zero-order valence-electron chi connectivity index (χ0n) is 16.9. The first kappa shape index (κ1) is 21.0. The Hall–Kier alpha value is -2.72. The summed E-state index contributed by atoms with van der Waals surface area (Å²) in [7, 11) is 0. The predicted octanol–water partition coefficient (Wildman–Crippen LogP) is 5.40. The van der Waals surface area contributed by atoms with Gasteiger partial charge in [0.2, 0.25) is 0 Å². The molecule has 0 aliphatic heterocycles. The minimum atomic E-state index is -0.0197. The Bertz CT molecular complexity index is 923. The predicted molar refractivity (Wildman–Crippen MR) is 117 cm³/mol. The van der Waals surface area contributed by atoms with E-state index in [-0.39, 0.29) is 18.6 Å². The second-order valence-electron chi connectivity index (χ2n) is 7.10. The molecule has 0 unspecified atom stereocenters. The van der Waals surface area contributed by atoms with Crippen LogP contribution in [0.3, 0.4) is 0 Å². The molecule has 0 radical (unpaired) electrons. The van der Waals surface area contributed by atoms with Gasteiger partial charge in [-0.2, -0.15) is 0 Å². The third kappa shape index (κ3) is 5.64. The van der Waals surface area contributed by atoms with Gasteiger partial charge in [0.1, 0.15) is 5.75 Å². The lowest BCUT2D eigenvalue weighted by molar-refractivity contribution is -0.136. The molecule has 4 nitrogen and oxygen atoms in total. The van der Waals surface area contributed by atoms with Crippen molar-refractivity contribution < 1.29 is 9.53 Å². The van der Waals surface area contributed by atoms with Crippen molar-refractivity contribution in [1.29, 1.82) is 0 Å². The molecule has 0 fully saturated rings. The van der Waals surface area contributed by atoms with E-state index in [0.717, 1.165) is 22.7 Å². The molecule has 0 spiro atoms. The summed E-state index contributed by atoms with van der Waals surface area (Å²) >= 11 is 6.33. The second kappa shape index (κ2) is 10.2. The number of ether oxygens (including phenoxy) is 1. The summed E-state index contributed by atoms with van der Waals surface area (Å²) in [5, 5.41) is 0.748. The molecule has 0 saturated heterocycles. The lowest BCUT2D eigenvalue weighted by atomic mass is 10.2. The molecule has 0 N–H and O–H groups in total. The van der Waals surface area contributed by atoms with E-state index in [1.54, 1.807) is 0 Å². The molecule has 0 bridgehead atoms. The maximum absolute atomic E-state index is 12.9. The van der Waals surface area contributed by atoms with E-state index < -0.39 is 0 Å². The lowest BCUT2D eigenvalue weighted by Crippen LogP contribution is -2.41. The first-order valence-corrected chi connectivity index (χ1v) is 10.3. The van der Waals surface area contributed by atoms with E-state index in [0.29, 0.717) is 18.8 Å². The molecule has 29 heavy (non-hydrogen) atoms. The summed E-state index contributed by atoms with van der Waals surface area (Å²) in [5.41, 5.74) is 2.12. The maximum atomic E-state index is 12.9. The number of nitrogens with zero attached hydrogens (tertiary/aromatic N) is 2. The van der Waals surface area contributed by atoms with Crippen LogP contribution in [-0.2, 0) is 17.9 Å². The normalized spacial score (nSPS) is 11.8. The number of benzene rings is 2. The number of carbonyl (C=O) groups excluding carboxylic acids is 1. The summed E-state index contributed by atoms with van der Waals surface area (Å²) in [4.78, 5) is 14.8. The Morgan fingerprint density at radius 1 is 1.07 bits per heavy atom. The Labute approximate surface area is 177 Å². The van der Waals surface area contributed by atoms with Crippen molar-refractivity contribution in [3.63, 3.8) is 0 Å².